The number of thiazole rings is 1. The summed E-state index contributed by atoms with van der Waals surface area (Å²) in [5, 5.41) is 9.76. The van der Waals surface area contributed by atoms with Crippen molar-refractivity contribution in [2.45, 2.75) is 32.2 Å². The van der Waals surface area contributed by atoms with Crippen LogP contribution in [0.15, 0.2) is 42.6 Å². The summed E-state index contributed by atoms with van der Waals surface area (Å²) in [5.74, 6) is 0.131. The third kappa shape index (κ3) is 5.05. The third-order valence-corrected chi connectivity index (χ3v) is 6.43. The molecule has 1 aromatic carbocycles. The van der Waals surface area contributed by atoms with Gasteiger partial charge in [0, 0.05) is 28.4 Å². The van der Waals surface area contributed by atoms with Crippen molar-refractivity contribution in [2.24, 2.45) is 0 Å². The Hall–Kier alpha value is -2.93. The van der Waals surface area contributed by atoms with Gasteiger partial charge in [-0.3, -0.25) is 9.78 Å². The van der Waals surface area contributed by atoms with Gasteiger partial charge in [-0.2, -0.15) is 9.98 Å². The van der Waals surface area contributed by atoms with E-state index in [1.54, 1.807) is 12.1 Å². The highest BCUT2D eigenvalue weighted by Gasteiger charge is 2.25. The number of carbonyl (C=O) groups is 1. The summed E-state index contributed by atoms with van der Waals surface area (Å²) in [6.45, 7) is 2.33. The Labute approximate surface area is 188 Å². The second-order valence-electron chi connectivity index (χ2n) is 7.40. The van der Waals surface area contributed by atoms with Gasteiger partial charge >= 0.3 is 5.91 Å². The first kappa shape index (κ1) is 21.3. The minimum absolute atomic E-state index is 0.260. The van der Waals surface area contributed by atoms with E-state index in [9.17, 15) is 9.35 Å². The van der Waals surface area contributed by atoms with Crippen LogP contribution < -0.4 is 9.62 Å². The molecule has 1 N–H and O–H groups in total. The normalized spacial score (nSPS) is 14.0. The molecule has 2 aromatic heterocycles. The molecule has 9 heteroatoms. The Balaban J connectivity index is 1.66. The van der Waals surface area contributed by atoms with Gasteiger partial charge in [0.05, 0.1) is 29.5 Å². The Bertz CT molecular complexity index is 1120. The predicted molar refractivity (Wildman–Crippen MR) is 122 cm³/mol. The average molecular weight is 452 g/mol. The second kappa shape index (κ2) is 9.06. The SMILES string of the molecule is Cc1sc(N(Cc2ccc(C3CC3)nc2)c2ccc(C#N)cc2)nc1C(=O)N[S+](C)[O-]. The lowest BCUT2D eigenvalue weighted by Gasteiger charge is -2.22. The van der Waals surface area contributed by atoms with Gasteiger partial charge in [0.2, 0.25) is 0 Å². The smallest absolute Gasteiger partial charge is 0.311 e. The zero-order valence-electron chi connectivity index (χ0n) is 17.2. The lowest BCUT2D eigenvalue weighted by Crippen LogP contribution is -2.30. The van der Waals surface area contributed by atoms with Crippen LogP contribution in [0.1, 0.15) is 50.9 Å². The standard InChI is InChI=1S/C22H21N5O2S2/c1-14-20(21(28)26-31(2)29)25-22(30-14)27(18-8-3-15(11-23)4-9-18)13-16-5-10-19(24-12-16)17-6-7-17/h3-5,8-10,12,17H,6-7,13H2,1-2H3,(H,26,28). The fraction of sp³-hybridized carbons (Fsp3) is 0.273. The average Bonchev–Trinajstić information content (AvgIpc) is 3.54. The molecule has 0 aliphatic heterocycles. The zero-order chi connectivity index (χ0) is 22.0. The topological polar surface area (TPSA) is 105 Å². The highest BCUT2D eigenvalue weighted by atomic mass is 32.2. The Morgan fingerprint density at radius 1 is 1.32 bits per heavy atom. The summed E-state index contributed by atoms with van der Waals surface area (Å²) < 4.78 is 13.8. The molecular weight excluding hydrogens is 430 g/mol. The van der Waals surface area contributed by atoms with E-state index in [0.717, 1.165) is 21.8 Å². The molecule has 1 amide bonds. The van der Waals surface area contributed by atoms with Crippen molar-refractivity contribution in [3.63, 3.8) is 0 Å². The van der Waals surface area contributed by atoms with E-state index < -0.39 is 17.3 Å². The van der Waals surface area contributed by atoms with Crippen molar-refractivity contribution in [3.8, 4) is 6.07 Å². The number of nitriles is 1. The molecule has 0 radical (unpaired) electrons. The molecule has 1 unspecified atom stereocenters. The molecule has 0 bridgehead atoms. The van der Waals surface area contributed by atoms with Gasteiger partial charge in [-0.25, -0.2) is 4.98 Å². The quantitative estimate of drug-likeness (QED) is 0.545. The fourth-order valence-electron chi connectivity index (χ4n) is 3.21. The van der Waals surface area contributed by atoms with E-state index in [-0.39, 0.29) is 5.69 Å². The van der Waals surface area contributed by atoms with Gasteiger partial charge in [-0.05, 0) is 55.7 Å². The molecule has 1 fully saturated rings. The lowest BCUT2D eigenvalue weighted by atomic mass is 10.2. The van der Waals surface area contributed by atoms with Crippen molar-refractivity contribution in [1.29, 1.82) is 5.26 Å². The molecule has 0 spiro atoms. The number of carbonyl (C=O) groups excluding carboxylic acids is 1. The van der Waals surface area contributed by atoms with Gasteiger partial charge in [0.25, 0.3) is 0 Å². The number of rotatable bonds is 7. The van der Waals surface area contributed by atoms with E-state index in [2.05, 4.69) is 32.9 Å². The number of hydrogen-bond acceptors (Lipinski definition) is 7. The van der Waals surface area contributed by atoms with Gasteiger partial charge < -0.3 is 9.45 Å². The Morgan fingerprint density at radius 3 is 2.65 bits per heavy atom. The van der Waals surface area contributed by atoms with Crippen LogP contribution in [-0.2, 0) is 17.9 Å². The minimum atomic E-state index is -1.47. The maximum absolute atomic E-state index is 12.4. The van der Waals surface area contributed by atoms with Crippen molar-refractivity contribution in [3.05, 3.63) is 70.0 Å². The van der Waals surface area contributed by atoms with Crippen LogP contribution in [-0.4, -0.2) is 26.7 Å². The highest BCUT2D eigenvalue weighted by molar-refractivity contribution is 7.89. The fourth-order valence-corrected chi connectivity index (χ4v) is 4.49. The van der Waals surface area contributed by atoms with Crippen molar-refractivity contribution in [2.75, 3.05) is 11.2 Å². The molecule has 1 atom stereocenters. The summed E-state index contributed by atoms with van der Waals surface area (Å²) in [5.41, 5.74) is 3.83. The number of amides is 1. The summed E-state index contributed by atoms with van der Waals surface area (Å²) in [4.78, 5) is 24.3. The van der Waals surface area contributed by atoms with Gasteiger partial charge in [0.1, 0.15) is 11.9 Å². The van der Waals surface area contributed by atoms with E-state index in [1.807, 2.05) is 30.2 Å². The molecule has 1 aliphatic carbocycles. The van der Waals surface area contributed by atoms with Crippen LogP contribution in [0.25, 0.3) is 0 Å². The molecule has 4 rings (SSSR count). The number of nitrogens with one attached hydrogen (secondary N) is 1. The number of hydrogen-bond donors (Lipinski definition) is 1. The van der Waals surface area contributed by atoms with E-state index in [0.29, 0.717) is 23.2 Å². The molecule has 2 heterocycles. The zero-order valence-corrected chi connectivity index (χ0v) is 18.8. The van der Waals surface area contributed by atoms with Crippen molar-refractivity contribution < 1.29 is 9.35 Å². The summed E-state index contributed by atoms with van der Waals surface area (Å²) in [7, 11) is 0. The maximum Gasteiger partial charge on any atom is 0.311 e. The third-order valence-electron chi connectivity index (χ3n) is 4.96. The predicted octanol–water partition coefficient (Wildman–Crippen LogP) is 3.96. The number of pyridine rings is 1. The molecule has 1 aliphatic rings. The van der Waals surface area contributed by atoms with E-state index in [4.69, 9.17) is 5.26 Å². The monoisotopic (exact) mass is 451 g/mol. The van der Waals surface area contributed by atoms with Crippen LogP contribution in [0.5, 0.6) is 0 Å². The van der Waals surface area contributed by atoms with Gasteiger partial charge in [-0.15, -0.1) is 11.3 Å². The number of nitrogens with zero attached hydrogens (tertiary/aromatic N) is 4. The second-order valence-corrected chi connectivity index (χ2v) is 9.69. The molecule has 158 valence electrons. The van der Waals surface area contributed by atoms with Crippen LogP contribution in [0.2, 0.25) is 0 Å². The first-order valence-electron chi connectivity index (χ1n) is 9.79. The summed E-state index contributed by atoms with van der Waals surface area (Å²) in [6.07, 6.45) is 5.70. The van der Waals surface area contributed by atoms with Crippen LogP contribution in [0.3, 0.4) is 0 Å². The van der Waals surface area contributed by atoms with Crippen LogP contribution in [0, 0.1) is 18.3 Å². The number of benzene rings is 1. The minimum Gasteiger partial charge on any atom is -0.593 e. The van der Waals surface area contributed by atoms with Gasteiger partial charge in [0.15, 0.2) is 5.13 Å². The lowest BCUT2D eigenvalue weighted by molar-refractivity contribution is 0.0977. The Kier molecular flexibility index (Phi) is 6.23. The largest absolute Gasteiger partial charge is 0.593 e. The molecule has 3 aromatic rings. The van der Waals surface area contributed by atoms with Gasteiger partial charge in [-0.1, -0.05) is 6.07 Å². The molecule has 0 saturated heterocycles. The van der Waals surface area contributed by atoms with Crippen molar-refractivity contribution >= 4 is 39.4 Å². The molecule has 31 heavy (non-hydrogen) atoms. The number of anilines is 2. The molecule has 7 nitrogen and oxygen atoms in total. The van der Waals surface area contributed by atoms with Crippen LogP contribution in [0.4, 0.5) is 10.8 Å². The highest BCUT2D eigenvalue weighted by Crippen LogP contribution is 2.39. The summed E-state index contributed by atoms with van der Waals surface area (Å²) >= 11 is -0.0761. The number of aryl methyl sites for hydroxylation is 1. The molecule has 1 saturated carbocycles. The Morgan fingerprint density at radius 2 is 2.06 bits per heavy atom. The first-order valence-corrected chi connectivity index (χ1v) is 12.2. The first-order chi connectivity index (χ1) is 14.9. The van der Waals surface area contributed by atoms with E-state index >= 15 is 0 Å². The summed E-state index contributed by atoms with van der Waals surface area (Å²) in [6, 6.07) is 13.5. The molecular formula is C22H21N5O2S2. The number of aromatic nitrogens is 2. The van der Waals surface area contributed by atoms with E-state index in [1.165, 1.54) is 30.4 Å². The van der Waals surface area contributed by atoms with Crippen LogP contribution >= 0.6 is 11.3 Å². The maximum atomic E-state index is 12.4. The van der Waals surface area contributed by atoms with Crippen molar-refractivity contribution in [1.82, 2.24) is 14.7 Å².